The summed E-state index contributed by atoms with van der Waals surface area (Å²) < 4.78 is 0. The highest BCUT2D eigenvalue weighted by Crippen LogP contribution is 2.20. The molecule has 3 heterocycles. The van der Waals surface area contributed by atoms with Crippen LogP contribution in [0.2, 0.25) is 0 Å². The highest BCUT2D eigenvalue weighted by molar-refractivity contribution is 5.61. The predicted octanol–water partition coefficient (Wildman–Crippen LogP) is 1.50. The van der Waals surface area contributed by atoms with Crippen molar-refractivity contribution in [1.82, 2.24) is 15.0 Å². The summed E-state index contributed by atoms with van der Waals surface area (Å²) in [4.78, 5) is 14.9. The molecule has 2 aromatic rings. The number of hydrogen-bond acceptors (Lipinski definition) is 5. The SMILES string of the molecule is OC1CCN(c2ncc(-c3ccncc3)cn2)CC1. The first-order valence-electron chi connectivity index (χ1n) is 6.48. The lowest BCUT2D eigenvalue weighted by molar-refractivity contribution is 0.145. The Morgan fingerprint density at radius 3 is 2.26 bits per heavy atom. The van der Waals surface area contributed by atoms with E-state index in [1.165, 1.54) is 0 Å². The Morgan fingerprint density at radius 2 is 1.63 bits per heavy atom. The van der Waals surface area contributed by atoms with E-state index in [4.69, 9.17) is 0 Å². The summed E-state index contributed by atoms with van der Waals surface area (Å²) in [7, 11) is 0. The molecule has 0 atom stereocenters. The van der Waals surface area contributed by atoms with E-state index in [1.807, 2.05) is 24.5 Å². The lowest BCUT2D eigenvalue weighted by atomic mass is 10.1. The summed E-state index contributed by atoms with van der Waals surface area (Å²) in [6.45, 7) is 1.63. The van der Waals surface area contributed by atoms with Gasteiger partial charge in [-0.2, -0.15) is 0 Å². The molecule has 1 fully saturated rings. The van der Waals surface area contributed by atoms with Crippen molar-refractivity contribution in [2.45, 2.75) is 18.9 Å². The number of anilines is 1. The maximum absolute atomic E-state index is 9.49. The summed E-state index contributed by atoms with van der Waals surface area (Å²) in [6, 6.07) is 3.88. The van der Waals surface area contributed by atoms with Crippen molar-refractivity contribution in [3.8, 4) is 11.1 Å². The Balaban J connectivity index is 1.76. The second-order valence-electron chi connectivity index (χ2n) is 4.73. The minimum absolute atomic E-state index is 0.174. The Bertz CT molecular complexity index is 521. The van der Waals surface area contributed by atoms with Crippen LogP contribution in [0.3, 0.4) is 0 Å². The molecule has 1 aliphatic heterocycles. The van der Waals surface area contributed by atoms with Crippen molar-refractivity contribution in [3.05, 3.63) is 36.9 Å². The van der Waals surface area contributed by atoms with Crippen LogP contribution < -0.4 is 4.90 Å². The minimum atomic E-state index is -0.174. The predicted molar refractivity (Wildman–Crippen MR) is 72.7 cm³/mol. The van der Waals surface area contributed by atoms with Crippen LogP contribution in [-0.4, -0.2) is 39.3 Å². The van der Waals surface area contributed by atoms with Gasteiger partial charge in [-0.05, 0) is 30.5 Å². The molecule has 0 spiro atoms. The van der Waals surface area contributed by atoms with Gasteiger partial charge in [0.2, 0.25) is 5.95 Å². The molecule has 1 N–H and O–H groups in total. The first-order chi connectivity index (χ1) is 9.33. The monoisotopic (exact) mass is 256 g/mol. The molecule has 0 aliphatic carbocycles. The average molecular weight is 256 g/mol. The fourth-order valence-electron chi connectivity index (χ4n) is 2.24. The number of rotatable bonds is 2. The summed E-state index contributed by atoms with van der Waals surface area (Å²) in [6.07, 6.45) is 8.59. The van der Waals surface area contributed by atoms with Gasteiger partial charge in [-0.15, -0.1) is 0 Å². The van der Waals surface area contributed by atoms with Gasteiger partial charge in [0.15, 0.2) is 0 Å². The lowest BCUT2D eigenvalue weighted by Gasteiger charge is -2.29. The molecule has 5 nitrogen and oxygen atoms in total. The number of aliphatic hydroxyl groups excluding tert-OH is 1. The second-order valence-corrected chi connectivity index (χ2v) is 4.73. The van der Waals surface area contributed by atoms with Gasteiger partial charge in [0.05, 0.1) is 6.10 Å². The fraction of sp³-hybridized carbons (Fsp3) is 0.357. The van der Waals surface area contributed by atoms with Crippen molar-refractivity contribution >= 4 is 5.95 Å². The maximum atomic E-state index is 9.49. The summed E-state index contributed by atoms with van der Waals surface area (Å²) >= 11 is 0. The fourth-order valence-corrected chi connectivity index (χ4v) is 2.24. The molecule has 0 radical (unpaired) electrons. The summed E-state index contributed by atoms with van der Waals surface area (Å²) in [5.41, 5.74) is 2.05. The Morgan fingerprint density at radius 1 is 1.00 bits per heavy atom. The van der Waals surface area contributed by atoms with Gasteiger partial charge in [0.25, 0.3) is 0 Å². The van der Waals surface area contributed by atoms with Gasteiger partial charge < -0.3 is 10.0 Å². The number of nitrogens with zero attached hydrogens (tertiary/aromatic N) is 4. The minimum Gasteiger partial charge on any atom is -0.393 e. The van der Waals surface area contributed by atoms with E-state index < -0.39 is 0 Å². The van der Waals surface area contributed by atoms with E-state index in [1.54, 1.807) is 12.4 Å². The van der Waals surface area contributed by atoms with Crippen LogP contribution in [0.15, 0.2) is 36.9 Å². The molecule has 98 valence electrons. The van der Waals surface area contributed by atoms with Crippen LogP contribution in [0.4, 0.5) is 5.95 Å². The van der Waals surface area contributed by atoms with Crippen LogP contribution in [-0.2, 0) is 0 Å². The summed E-state index contributed by atoms with van der Waals surface area (Å²) in [5, 5.41) is 9.49. The zero-order chi connectivity index (χ0) is 13.1. The van der Waals surface area contributed by atoms with E-state index in [-0.39, 0.29) is 6.10 Å². The largest absolute Gasteiger partial charge is 0.393 e. The lowest BCUT2D eigenvalue weighted by Crippen LogP contribution is -2.36. The second kappa shape index (κ2) is 5.32. The number of aromatic nitrogens is 3. The van der Waals surface area contributed by atoms with E-state index >= 15 is 0 Å². The van der Waals surface area contributed by atoms with Crippen molar-refractivity contribution in [2.75, 3.05) is 18.0 Å². The van der Waals surface area contributed by atoms with Crippen molar-refractivity contribution in [1.29, 1.82) is 0 Å². The topological polar surface area (TPSA) is 62.1 Å². The Hall–Kier alpha value is -2.01. The molecule has 0 unspecified atom stereocenters. The van der Waals surface area contributed by atoms with Crippen LogP contribution in [0.1, 0.15) is 12.8 Å². The number of hydrogen-bond donors (Lipinski definition) is 1. The van der Waals surface area contributed by atoms with E-state index in [0.29, 0.717) is 0 Å². The van der Waals surface area contributed by atoms with Gasteiger partial charge in [-0.1, -0.05) is 0 Å². The molecule has 19 heavy (non-hydrogen) atoms. The van der Waals surface area contributed by atoms with Gasteiger partial charge in [-0.3, -0.25) is 4.98 Å². The molecule has 0 aromatic carbocycles. The molecular formula is C14H16N4O. The zero-order valence-electron chi connectivity index (χ0n) is 10.6. The first-order valence-corrected chi connectivity index (χ1v) is 6.48. The maximum Gasteiger partial charge on any atom is 0.225 e. The standard InChI is InChI=1S/C14H16N4O/c19-13-3-7-18(8-4-13)14-16-9-12(10-17-14)11-1-5-15-6-2-11/h1-2,5-6,9-10,13,19H,3-4,7-8H2. The molecule has 1 saturated heterocycles. The third-order valence-corrected chi connectivity index (χ3v) is 3.40. The van der Waals surface area contributed by atoms with Crippen LogP contribution in [0, 0.1) is 0 Å². The number of aliphatic hydroxyl groups is 1. The Labute approximate surface area is 112 Å². The highest BCUT2D eigenvalue weighted by atomic mass is 16.3. The zero-order valence-corrected chi connectivity index (χ0v) is 10.6. The molecule has 3 rings (SSSR count). The third-order valence-electron chi connectivity index (χ3n) is 3.40. The van der Waals surface area contributed by atoms with Crippen LogP contribution >= 0.6 is 0 Å². The van der Waals surface area contributed by atoms with E-state index in [0.717, 1.165) is 43.0 Å². The smallest absolute Gasteiger partial charge is 0.225 e. The third kappa shape index (κ3) is 2.71. The van der Waals surface area contributed by atoms with Crippen LogP contribution in [0.5, 0.6) is 0 Å². The molecule has 0 bridgehead atoms. The molecule has 5 heteroatoms. The van der Waals surface area contributed by atoms with Gasteiger partial charge >= 0.3 is 0 Å². The van der Waals surface area contributed by atoms with Gasteiger partial charge in [0, 0.05) is 43.4 Å². The molecule has 0 saturated carbocycles. The van der Waals surface area contributed by atoms with Crippen LogP contribution in [0.25, 0.3) is 11.1 Å². The normalized spacial score (nSPS) is 16.6. The molecule has 1 aliphatic rings. The summed E-state index contributed by atoms with van der Waals surface area (Å²) in [5.74, 6) is 0.740. The van der Waals surface area contributed by atoms with Gasteiger partial charge in [0.1, 0.15) is 0 Å². The molecule has 2 aromatic heterocycles. The molecular weight excluding hydrogens is 240 g/mol. The number of pyridine rings is 1. The first kappa shape index (κ1) is 12.0. The van der Waals surface area contributed by atoms with Crippen molar-refractivity contribution < 1.29 is 5.11 Å². The molecule has 0 amide bonds. The van der Waals surface area contributed by atoms with Crippen molar-refractivity contribution in [3.63, 3.8) is 0 Å². The Kier molecular flexibility index (Phi) is 3.37. The van der Waals surface area contributed by atoms with E-state index in [9.17, 15) is 5.11 Å². The average Bonchev–Trinajstić information content (AvgIpc) is 2.49. The van der Waals surface area contributed by atoms with E-state index in [2.05, 4.69) is 19.9 Å². The number of piperidine rings is 1. The highest BCUT2D eigenvalue weighted by Gasteiger charge is 2.18. The van der Waals surface area contributed by atoms with Crippen molar-refractivity contribution in [2.24, 2.45) is 0 Å². The van der Waals surface area contributed by atoms with Gasteiger partial charge in [-0.25, -0.2) is 9.97 Å². The quantitative estimate of drug-likeness (QED) is 0.882.